The van der Waals surface area contributed by atoms with Crippen LogP contribution in [0.4, 0.5) is 5.69 Å². The van der Waals surface area contributed by atoms with Crippen LogP contribution < -0.4 is 0 Å². The van der Waals surface area contributed by atoms with Crippen molar-refractivity contribution < 1.29 is 4.92 Å². The minimum atomic E-state index is -0.617. The molecule has 0 spiro atoms. The van der Waals surface area contributed by atoms with Gasteiger partial charge in [0.1, 0.15) is 0 Å². The molecule has 0 aliphatic heterocycles. The predicted octanol–water partition coefficient (Wildman–Crippen LogP) is 1.34. The van der Waals surface area contributed by atoms with Gasteiger partial charge in [-0.25, -0.2) is 4.98 Å². The number of aromatic nitrogens is 2. The minimum Gasteiger partial charge on any atom is -0.332 e. The van der Waals surface area contributed by atoms with Gasteiger partial charge in [-0.2, -0.15) is 0 Å². The van der Waals surface area contributed by atoms with Gasteiger partial charge in [0.25, 0.3) is 0 Å². The zero-order valence-electron chi connectivity index (χ0n) is 5.14. The first-order valence-corrected chi connectivity index (χ1v) is 3.39. The van der Waals surface area contributed by atoms with E-state index >= 15 is 0 Å². The fourth-order valence-corrected chi connectivity index (χ4v) is 1.10. The fourth-order valence-electron chi connectivity index (χ4n) is 0.548. The molecule has 5 nitrogen and oxygen atoms in total. The van der Waals surface area contributed by atoms with Crippen LogP contribution in [0.25, 0.3) is 0 Å². The van der Waals surface area contributed by atoms with Crippen molar-refractivity contribution in [1.82, 2.24) is 9.97 Å². The van der Waals surface area contributed by atoms with Crippen molar-refractivity contribution in [3.05, 3.63) is 21.1 Å². The van der Waals surface area contributed by atoms with Crippen molar-refractivity contribution in [2.24, 2.45) is 0 Å². The summed E-state index contributed by atoms with van der Waals surface area (Å²) in [6.45, 7) is 0. The molecule has 0 radical (unpaired) electrons. The number of H-pyrrole nitrogens is 1. The van der Waals surface area contributed by atoms with E-state index in [1.807, 2.05) is 0 Å². The lowest BCUT2D eigenvalue weighted by atomic mass is 10.6. The first-order chi connectivity index (χ1) is 5.13. The van der Waals surface area contributed by atoms with Crippen LogP contribution in [0.5, 0.6) is 0 Å². The Hall–Kier alpha value is -0.950. The first-order valence-electron chi connectivity index (χ1n) is 2.54. The SMILES string of the molecule is O=[N+]([O-])c1c(S)nc[nH]c1=S. The summed E-state index contributed by atoms with van der Waals surface area (Å²) in [6, 6.07) is 0. The molecule has 0 saturated heterocycles. The standard InChI is InChI=1S/C4H3N3O2S2/c8-7(9)2-3(10)5-1-6-4(2)11/h1H,(H2,5,6,10,11). The van der Waals surface area contributed by atoms with Gasteiger partial charge in [0.2, 0.25) is 0 Å². The molecule has 0 bridgehead atoms. The van der Waals surface area contributed by atoms with E-state index in [0.717, 1.165) is 0 Å². The maximum atomic E-state index is 10.3. The number of aromatic amines is 1. The summed E-state index contributed by atoms with van der Waals surface area (Å²) in [5.41, 5.74) is -0.258. The van der Waals surface area contributed by atoms with Crippen LogP contribution in [0.1, 0.15) is 0 Å². The summed E-state index contributed by atoms with van der Waals surface area (Å²) in [5, 5.41) is 10.3. The molecule has 1 N–H and O–H groups in total. The molecule has 1 aromatic heterocycles. The first kappa shape index (κ1) is 8.15. The highest BCUT2D eigenvalue weighted by atomic mass is 32.1. The Bertz CT molecular complexity index is 347. The molecule has 1 aromatic rings. The van der Waals surface area contributed by atoms with Gasteiger partial charge in [0.15, 0.2) is 9.67 Å². The van der Waals surface area contributed by atoms with Gasteiger partial charge in [-0.1, -0.05) is 12.2 Å². The average molecular weight is 189 g/mol. The van der Waals surface area contributed by atoms with E-state index < -0.39 is 4.92 Å². The quantitative estimate of drug-likeness (QED) is 0.230. The van der Waals surface area contributed by atoms with Crippen molar-refractivity contribution in [2.75, 3.05) is 0 Å². The molecule has 0 aromatic carbocycles. The molecule has 0 amide bonds. The topological polar surface area (TPSA) is 71.8 Å². The van der Waals surface area contributed by atoms with E-state index in [9.17, 15) is 10.1 Å². The van der Waals surface area contributed by atoms with Crippen molar-refractivity contribution in [2.45, 2.75) is 5.03 Å². The van der Waals surface area contributed by atoms with E-state index in [1.165, 1.54) is 6.33 Å². The van der Waals surface area contributed by atoms with Crippen LogP contribution in [0, 0.1) is 14.8 Å². The highest BCUT2D eigenvalue weighted by molar-refractivity contribution is 7.80. The summed E-state index contributed by atoms with van der Waals surface area (Å²) in [4.78, 5) is 15.7. The second kappa shape index (κ2) is 2.97. The maximum Gasteiger partial charge on any atom is 0.335 e. The van der Waals surface area contributed by atoms with Crippen molar-refractivity contribution in [1.29, 1.82) is 0 Å². The number of thiol groups is 1. The Labute approximate surface area is 72.0 Å². The fraction of sp³-hybridized carbons (Fsp3) is 0. The van der Waals surface area contributed by atoms with Gasteiger partial charge in [0, 0.05) is 0 Å². The highest BCUT2D eigenvalue weighted by Crippen LogP contribution is 2.18. The molecule has 0 aliphatic rings. The van der Waals surface area contributed by atoms with Crippen LogP contribution in [0.3, 0.4) is 0 Å². The van der Waals surface area contributed by atoms with E-state index in [1.54, 1.807) is 0 Å². The van der Waals surface area contributed by atoms with E-state index in [4.69, 9.17) is 0 Å². The molecule has 0 unspecified atom stereocenters. The Morgan fingerprint density at radius 2 is 2.45 bits per heavy atom. The van der Waals surface area contributed by atoms with Gasteiger partial charge in [-0.05, 0) is 0 Å². The lowest BCUT2D eigenvalue weighted by molar-refractivity contribution is -0.389. The van der Waals surface area contributed by atoms with Crippen molar-refractivity contribution in [3.63, 3.8) is 0 Å². The van der Waals surface area contributed by atoms with Gasteiger partial charge in [0.05, 0.1) is 11.3 Å². The van der Waals surface area contributed by atoms with Gasteiger partial charge in [-0.15, -0.1) is 12.6 Å². The molecule has 1 heterocycles. The Kier molecular flexibility index (Phi) is 2.20. The molecule has 7 heteroatoms. The predicted molar refractivity (Wildman–Crippen MR) is 43.3 cm³/mol. The summed E-state index contributed by atoms with van der Waals surface area (Å²) >= 11 is 8.40. The van der Waals surface area contributed by atoms with Crippen LogP contribution >= 0.6 is 24.8 Å². The normalized spacial score (nSPS) is 9.55. The molecule has 11 heavy (non-hydrogen) atoms. The summed E-state index contributed by atoms with van der Waals surface area (Å²) in [6.07, 6.45) is 1.26. The largest absolute Gasteiger partial charge is 0.335 e. The Balaban J connectivity index is 3.45. The summed E-state index contributed by atoms with van der Waals surface area (Å²) in [7, 11) is 0. The van der Waals surface area contributed by atoms with E-state index in [0.29, 0.717) is 0 Å². The molecule has 0 saturated carbocycles. The van der Waals surface area contributed by atoms with Crippen LogP contribution in [0.2, 0.25) is 0 Å². The zero-order valence-corrected chi connectivity index (χ0v) is 6.85. The lowest BCUT2D eigenvalue weighted by Gasteiger charge is -1.92. The van der Waals surface area contributed by atoms with Crippen LogP contribution in [-0.2, 0) is 0 Å². The smallest absolute Gasteiger partial charge is 0.332 e. The molecule has 0 atom stereocenters. The van der Waals surface area contributed by atoms with E-state index in [2.05, 4.69) is 34.8 Å². The minimum absolute atomic E-state index is 0.0266. The number of nitrogens with zero attached hydrogens (tertiary/aromatic N) is 2. The number of rotatable bonds is 1. The Morgan fingerprint density at radius 1 is 1.82 bits per heavy atom. The maximum absolute atomic E-state index is 10.3. The molecular formula is C4H3N3O2S2. The van der Waals surface area contributed by atoms with Gasteiger partial charge in [-0.3, -0.25) is 10.1 Å². The van der Waals surface area contributed by atoms with Crippen LogP contribution in [0.15, 0.2) is 11.4 Å². The molecule has 1 rings (SSSR count). The Morgan fingerprint density at radius 3 is 2.82 bits per heavy atom. The highest BCUT2D eigenvalue weighted by Gasteiger charge is 2.13. The molecule has 0 aliphatic carbocycles. The number of nitro groups is 1. The van der Waals surface area contributed by atoms with Crippen molar-refractivity contribution >= 4 is 30.5 Å². The van der Waals surface area contributed by atoms with Crippen LogP contribution in [-0.4, -0.2) is 14.9 Å². The summed E-state index contributed by atoms with van der Waals surface area (Å²) in [5.74, 6) is 0. The third kappa shape index (κ3) is 1.55. The lowest BCUT2D eigenvalue weighted by Crippen LogP contribution is -1.94. The number of hydrogen-bond donors (Lipinski definition) is 2. The van der Waals surface area contributed by atoms with Crippen molar-refractivity contribution in [3.8, 4) is 0 Å². The second-order valence-electron chi connectivity index (χ2n) is 1.66. The molecule has 58 valence electrons. The van der Waals surface area contributed by atoms with Gasteiger partial charge >= 0.3 is 5.69 Å². The van der Waals surface area contributed by atoms with E-state index in [-0.39, 0.29) is 15.4 Å². The third-order valence-corrected chi connectivity index (χ3v) is 1.63. The monoisotopic (exact) mass is 189 g/mol. The third-order valence-electron chi connectivity index (χ3n) is 0.992. The average Bonchev–Trinajstić information content (AvgIpc) is 1.85. The number of nitrogens with one attached hydrogen (secondary N) is 1. The summed E-state index contributed by atoms with van der Waals surface area (Å²) < 4.78 is 0.0370. The molecule has 0 fully saturated rings. The number of hydrogen-bond acceptors (Lipinski definition) is 5. The zero-order chi connectivity index (χ0) is 8.43. The van der Waals surface area contributed by atoms with Gasteiger partial charge < -0.3 is 4.98 Å². The second-order valence-corrected chi connectivity index (χ2v) is 2.49. The molecular weight excluding hydrogens is 186 g/mol.